The quantitative estimate of drug-likeness (QED) is 0.140. The van der Waals surface area contributed by atoms with Gasteiger partial charge in [0.05, 0.1) is 28.7 Å². The molecule has 2 aromatic carbocycles. The number of hydrogen-bond acceptors (Lipinski definition) is 8. The lowest BCUT2D eigenvalue weighted by atomic mass is 9.70. The van der Waals surface area contributed by atoms with Gasteiger partial charge in [-0.05, 0) is 62.6 Å². The Labute approximate surface area is 293 Å². The van der Waals surface area contributed by atoms with E-state index in [4.69, 9.17) is 4.74 Å². The number of carbonyl (C=O) groups is 3. The number of aliphatic hydroxyl groups excluding tert-OH is 1. The number of aromatic nitrogens is 3. The predicted octanol–water partition coefficient (Wildman–Crippen LogP) is 4.26. The molecule has 1 spiro atoms. The summed E-state index contributed by atoms with van der Waals surface area (Å²) in [7, 11) is 0. The van der Waals surface area contributed by atoms with E-state index in [1.807, 2.05) is 55.5 Å². The van der Waals surface area contributed by atoms with Gasteiger partial charge in [0.1, 0.15) is 24.0 Å². The van der Waals surface area contributed by atoms with Gasteiger partial charge >= 0.3 is 0 Å². The van der Waals surface area contributed by atoms with Gasteiger partial charge in [-0.1, -0.05) is 45.4 Å². The fraction of sp³-hybridized carbons (Fsp3) is 0.457. The van der Waals surface area contributed by atoms with Gasteiger partial charge in [0.25, 0.3) is 0 Å². The third kappa shape index (κ3) is 5.94. The highest BCUT2D eigenvalue weighted by molar-refractivity contribution is 9.09. The molecule has 6 rings (SSSR count). The maximum absolute atomic E-state index is 14.9. The van der Waals surface area contributed by atoms with Crippen molar-refractivity contribution in [1.82, 2.24) is 24.8 Å². The predicted molar refractivity (Wildman–Crippen MR) is 190 cm³/mol. The maximum Gasteiger partial charge on any atom is 0.248 e. The Morgan fingerprint density at radius 1 is 1.12 bits per heavy atom. The summed E-state index contributed by atoms with van der Waals surface area (Å²) in [6.45, 7) is 11.2. The molecule has 48 heavy (non-hydrogen) atoms. The number of aliphatic hydroxyl groups is 1. The fourth-order valence-corrected chi connectivity index (χ4v) is 11.2. The largest absolute Gasteiger partial charge is 0.494 e. The van der Waals surface area contributed by atoms with E-state index in [0.717, 1.165) is 5.52 Å². The number of likely N-dealkylation sites (tertiary alicyclic amines) is 1. The first-order valence-electron chi connectivity index (χ1n) is 16.4. The Morgan fingerprint density at radius 2 is 1.88 bits per heavy atom. The maximum atomic E-state index is 14.9. The minimum absolute atomic E-state index is 0.0167. The summed E-state index contributed by atoms with van der Waals surface area (Å²) in [4.78, 5) is 49.1. The summed E-state index contributed by atoms with van der Waals surface area (Å²) in [5, 5.41) is 17.9. The van der Waals surface area contributed by atoms with E-state index in [1.54, 1.807) is 43.3 Å². The van der Waals surface area contributed by atoms with E-state index < -0.39 is 22.6 Å². The van der Waals surface area contributed by atoms with Crippen LogP contribution in [0.1, 0.15) is 26.2 Å². The second-order valence-corrected chi connectivity index (χ2v) is 15.1. The van der Waals surface area contributed by atoms with E-state index in [-0.39, 0.29) is 54.2 Å². The van der Waals surface area contributed by atoms with E-state index in [2.05, 4.69) is 39.4 Å². The van der Waals surface area contributed by atoms with Crippen LogP contribution in [-0.4, -0.2) is 101 Å². The van der Waals surface area contributed by atoms with Gasteiger partial charge in [-0.15, -0.1) is 30.0 Å². The number of rotatable bonds is 15. The molecule has 0 saturated carbocycles. The van der Waals surface area contributed by atoms with Gasteiger partial charge in [0.2, 0.25) is 17.7 Å². The lowest BCUT2D eigenvalue weighted by Gasteiger charge is -2.38. The second-order valence-electron chi connectivity index (χ2n) is 12.4. The van der Waals surface area contributed by atoms with Crippen LogP contribution < -0.4 is 9.64 Å². The van der Waals surface area contributed by atoms with E-state index >= 15 is 0 Å². The number of alkyl halides is 1. The molecule has 11 nitrogen and oxygen atoms in total. The van der Waals surface area contributed by atoms with Crippen molar-refractivity contribution >= 4 is 62.1 Å². The van der Waals surface area contributed by atoms with Gasteiger partial charge in [-0.2, -0.15) is 0 Å². The minimum atomic E-state index is -0.824. The fourth-order valence-electron chi connectivity index (χ4n) is 7.58. The number of amides is 3. The number of hydrogen-bond donors (Lipinski definition) is 1. The number of benzene rings is 2. The van der Waals surface area contributed by atoms with Crippen LogP contribution in [0.15, 0.2) is 73.8 Å². The lowest BCUT2D eigenvalue weighted by Crippen LogP contribution is -2.56. The third-order valence-electron chi connectivity index (χ3n) is 9.54. The molecular weight excluding hydrogens is 696 g/mol. The zero-order valence-electron chi connectivity index (χ0n) is 27.0. The molecule has 0 radical (unpaired) electrons. The number of anilines is 1. The summed E-state index contributed by atoms with van der Waals surface area (Å²) >= 11 is 5.48. The summed E-state index contributed by atoms with van der Waals surface area (Å²) in [5.41, 5.74) is 2.19. The van der Waals surface area contributed by atoms with Crippen molar-refractivity contribution in [2.45, 2.75) is 53.7 Å². The standard InChI is InChI=1S/C35H41BrN6O5S/c1-4-17-39(22-42-27-12-8-7-11-26(27)37-38-42)34(46)31-35-21-25(36)30(48-35)28(29(35)33(45)41(31)19-9-10-20-43)32(44)40(18-5-2)23-13-15-24(16-14-23)47-6-3/h4-5,7-8,11-16,25,28-31,43H,1-2,6,9-10,17-22H2,3H3/t25?,28-,29+,30-,31?,35?/m1/s1. The van der Waals surface area contributed by atoms with Crippen molar-refractivity contribution in [3.05, 3.63) is 73.8 Å². The Hall–Kier alpha value is -3.68. The van der Waals surface area contributed by atoms with Crippen molar-refractivity contribution < 1.29 is 24.2 Å². The number of halogens is 1. The highest BCUT2D eigenvalue weighted by atomic mass is 79.9. The Bertz CT molecular complexity index is 1690. The zero-order valence-corrected chi connectivity index (χ0v) is 29.4. The van der Waals surface area contributed by atoms with Crippen molar-refractivity contribution in [3.63, 3.8) is 0 Å². The van der Waals surface area contributed by atoms with Crippen LogP contribution in [0.2, 0.25) is 0 Å². The molecule has 2 bridgehead atoms. The van der Waals surface area contributed by atoms with Gasteiger partial charge < -0.3 is 24.5 Å². The Morgan fingerprint density at radius 3 is 2.58 bits per heavy atom. The van der Waals surface area contributed by atoms with E-state index in [1.165, 1.54) is 0 Å². The molecule has 254 valence electrons. The van der Waals surface area contributed by atoms with Crippen molar-refractivity contribution in [1.29, 1.82) is 0 Å². The first-order valence-corrected chi connectivity index (χ1v) is 18.1. The zero-order chi connectivity index (χ0) is 34.0. The number of unbranched alkanes of at least 4 members (excludes halogenated alkanes) is 1. The first-order chi connectivity index (χ1) is 23.3. The second kappa shape index (κ2) is 14.4. The summed E-state index contributed by atoms with van der Waals surface area (Å²) in [6, 6.07) is 14.1. The molecule has 3 aliphatic heterocycles. The molecule has 3 saturated heterocycles. The van der Waals surface area contributed by atoms with Crippen LogP contribution in [0.25, 0.3) is 11.0 Å². The molecule has 13 heteroatoms. The first kappa shape index (κ1) is 34.2. The summed E-state index contributed by atoms with van der Waals surface area (Å²) in [6.07, 6.45) is 4.94. The third-order valence-corrected chi connectivity index (χ3v) is 12.8. The number of thioether (sulfide) groups is 1. The van der Waals surface area contributed by atoms with Gasteiger partial charge in [-0.25, -0.2) is 4.68 Å². The van der Waals surface area contributed by atoms with Crippen LogP contribution in [-0.2, 0) is 21.1 Å². The Balaban J connectivity index is 1.37. The molecule has 3 amide bonds. The monoisotopic (exact) mass is 736 g/mol. The molecule has 3 aliphatic rings. The van der Waals surface area contributed by atoms with Crippen LogP contribution in [0.4, 0.5) is 5.69 Å². The average molecular weight is 738 g/mol. The van der Waals surface area contributed by atoms with Crippen LogP contribution in [0.3, 0.4) is 0 Å². The number of para-hydroxylation sites is 1. The SMILES string of the molecule is C=CCN(Cn1nnc2ccccc21)C(=O)C1N(CCCCO)C(=O)[C@@H]2[C@@H](C(=O)N(CC=C)c3ccc(OCC)cc3)[C@@H]3SC12CC3Br. The van der Waals surface area contributed by atoms with E-state index in [9.17, 15) is 19.5 Å². The van der Waals surface area contributed by atoms with Gasteiger partial charge in [0, 0.05) is 42.0 Å². The molecule has 0 aliphatic carbocycles. The molecule has 6 atom stereocenters. The number of nitrogens with zero attached hydrogens (tertiary/aromatic N) is 6. The van der Waals surface area contributed by atoms with Gasteiger partial charge in [0.15, 0.2) is 0 Å². The molecule has 1 N–H and O–H groups in total. The highest BCUT2D eigenvalue weighted by Gasteiger charge is 2.76. The molecule has 4 heterocycles. The molecular formula is C35H41BrN6O5S. The van der Waals surface area contributed by atoms with Gasteiger partial charge in [-0.3, -0.25) is 14.4 Å². The number of carbonyl (C=O) groups excluding carboxylic acids is 3. The molecule has 1 aromatic heterocycles. The van der Waals surface area contributed by atoms with Crippen molar-refractivity contribution in [3.8, 4) is 5.75 Å². The Kier molecular flexibility index (Phi) is 10.3. The normalized spacial score (nSPS) is 25.7. The summed E-state index contributed by atoms with van der Waals surface area (Å²) < 4.78 is 6.47. The topological polar surface area (TPSA) is 121 Å². The van der Waals surface area contributed by atoms with Crippen molar-refractivity contribution in [2.24, 2.45) is 11.8 Å². The highest BCUT2D eigenvalue weighted by Crippen LogP contribution is 2.68. The minimum Gasteiger partial charge on any atom is -0.494 e. The van der Waals surface area contributed by atoms with E-state index in [0.29, 0.717) is 49.4 Å². The molecule has 3 fully saturated rings. The van der Waals surface area contributed by atoms with Crippen molar-refractivity contribution in [2.75, 3.05) is 37.7 Å². The number of ether oxygens (including phenoxy) is 1. The molecule has 3 unspecified atom stereocenters. The smallest absolute Gasteiger partial charge is 0.248 e. The van der Waals surface area contributed by atoms with Crippen LogP contribution >= 0.6 is 27.7 Å². The number of fused-ring (bicyclic) bond motifs is 2. The lowest BCUT2D eigenvalue weighted by molar-refractivity contribution is -0.143. The summed E-state index contributed by atoms with van der Waals surface area (Å²) in [5.74, 6) is -1.21. The van der Waals surface area contributed by atoms with Crippen LogP contribution in [0.5, 0.6) is 5.75 Å². The van der Waals surface area contributed by atoms with Crippen LogP contribution in [0, 0.1) is 11.8 Å². The average Bonchev–Trinajstić information content (AvgIpc) is 3.81. The molecule has 3 aromatic rings.